The Kier molecular flexibility index (Phi) is 5.29. The predicted octanol–water partition coefficient (Wildman–Crippen LogP) is 3.41. The highest BCUT2D eigenvalue weighted by atomic mass is 32.1. The van der Waals surface area contributed by atoms with E-state index in [0.29, 0.717) is 11.6 Å². The molecule has 0 bridgehead atoms. The van der Waals surface area contributed by atoms with Crippen LogP contribution >= 0.6 is 11.3 Å². The molecule has 0 saturated heterocycles. The van der Waals surface area contributed by atoms with Crippen LogP contribution in [0.3, 0.4) is 0 Å². The van der Waals surface area contributed by atoms with Crippen LogP contribution in [0.1, 0.15) is 22.9 Å². The fraction of sp³-hybridized carbons (Fsp3) is 0.375. The van der Waals surface area contributed by atoms with Gasteiger partial charge in [0.25, 0.3) is 0 Å². The average molecular weight is 292 g/mol. The van der Waals surface area contributed by atoms with Crippen LogP contribution in [-0.4, -0.2) is 18.0 Å². The molecular formula is C16H21FN2S. The number of benzene rings is 1. The highest BCUT2D eigenvalue weighted by Crippen LogP contribution is 2.16. The average Bonchev–Trinajstić information content (AvgIpc) is 2.93. The van der Waals surface area contributed by atoms with Crippen molar-refractivity contribution in [3.8, 4) is 0 Å². The van der Waals surface area contributed by atoms with Crippen molar-refractivity contribution in [3.63, 3.8) is 0 Å². The van der Waals surface area contributed by atoms with Crippen molar-refractivity contribution >= 4 is 11.3 Å². The van der Waals surface area contributed by atoms with E-state index in [1.165, 1.54) is 10.9 Å². The normalized spacial score (nSPS) is 12.8. The van der Waals surface area contributed by atoms with Gasteiger partial charge < -0.3 is 5.73 Å². The molecule has 0 aliphatic heterocycles. The Balaban J connectivity index is 1.98. The van der Waals surface area contributed by atoms with Gasteiger partial charge in [-0.25, -0.2) is 4.39 Å². The summed E-state index contributed by atoms with van der Waals surface area (Å²) in [5.74, 6) is -0.217. The van der Waals surface area contributed by atoms with E-state index in [1.54, 1.807) is 11.3 Å². The minimum absolute atomic E-state index is 0.217. The summed E-state index contributed by atoms with van der Waals surface area (Å²) in [5.41, 5.74) is 7.24. The Hall–Kier alpha value is -1.23. The molecule has 1 atom stereocenters. The van der Waals surface area contributed by atoms with E-state index < -0.39 is 0 Å². The molecule has 0 saturated carbocycles. The van der Waals surface area contributed by atoms with Crippen LogP contribution in [0.25, 0.3) is 0 Å². The van der Waals surface area contributed by atoms with Crippen molar-refractivity contribution < 1.29 is 4.39 Å². The number of thiophene rings is 1. The quantitative estimate of drug-likeness (QED) is 0.884. The summed E-state index contributed by atoms with van der Waals surface area (Å²) in [6, 6.07) is 9.90. The zero-order chi connectivity index (χ0) is 14.5. The van der Waals surface area contributed by atoms with Crippen LogP contribution in [0.5, 0.6) is 0 Å². The molecule has 2 aromatic rings. The fourth-order valence-corrected chi connectivity index (χ4v) is 3.03. The monoisotopic (exact) mass is 292 g/mol. The lowest BCUT2D eigenvalue weighted by Gasteiger charge is -2.24. The Morgan fingerprint density at radius 3 is 2.80 bits per heavy atom. The molecule has 1 unspecified atom stereocenters. The van der Waals surface area contributed by atoms with Crippen molar-refractivity contribution in [2.45, 2.75) is 32.5 Å². The summed E-state index contributed by atoms with van der Waals surface area (Å²) in [6.45, 7) is 3.26. The van der Waals surface area contributed by atoms with Gasteiger partial charge in [-0.2, -0.15) is 0 Å². The van der Waals surface area contributed by atoms with Gasteiger partial charge in [-0.3, -0.25) is 4.90 Å². The fourth-order valence-electron chi connectivity index (χ4n) is 2.20. The van der Waals surface area contributed by atoms with Crippen molar-refractivity contribution in [3.05, 3.63) is 57.5 Å². The lowest BCUT2D eigenvalue weighted by Crippen LogP contribution is -2.30. The van der Waals surface area contributed by atoms with Crippen LogP contribution in [0.2, 0.25) is 0 Å². The van der Waals surface area contributed by atoms with E-state index in [2.05, 4.69) is 36.4 Å². The minimum atomic E-state index is -0.217. The van der Waals surface area contributed by atoms with E-state index in [1.807, 2.05) is 12.1 Å². The summed E-state index contributed by atoms with van der Waals surface area (Å²) in [6.07, 6.45) is 1.04. The molecule has 2 N–H and O–H groups in total. The third-order valence-corrected chi connectivity index (χ3v) is 4.49. The summed E-state index contributed by atoms with van der Waals surface area (Å²) in [4.78, 5) is 3.68. The van der Waals surface area contributed by atoms with E-state index in [9.17, 15) is 4.39 Å². The van der Waals surface area contributed by atoms with Crippen LogP contribution in [0, 0.1) is 5.82 Å². The Labute approximate surface area is 124 Å². The second-order valence-corrected chi connectivity index (χ2v) is 6.21. The number of rotatable bonds is 6. The largest absolute Gasteiger partial charge is 0.326 e. The van der Waals surface area contributed by atoms with Crippen molar-refractivity contribution in [2.75, 3.05) is 7.05 Å². The maximum atomic E-state index is 13.4. The molecule has 0 spiro atoms. The number of likely N-dealkylation sites (N-methyl/N-ethyl adjacent to an activating group) is 1. The summed E-state index contributed by atoms with van der Waals surface area (Å²) in [7, 11) is 2.10. The maximum Gasteiger partial charge on any atom is 0.127 e. The molecule has 0 amide bonds. The number of hydrogen-bond donors (Lipinski definition) is 1. The van der Waals surface area contributed by atoms with Gasteiger partial charge >= 0.3 is 0 Å². The highest BCUT2D eigenvalue weighted by Gasteiger charge is 2.12. The number of hydrogen-bond acceptors (Lipinski definition) is 3. The van der Waals surface area contributed by atoms with Gasteiger partial charge in [0.15, 0.2) is 0 Å². The van der Waals surface area contributed by atoms with Crippen LogP contribution < -0.4 is 5.73 Å². The lowest BCUT2D eigenvalue weighted by atomic mass is 10.1. The van der Waals surface area contributed by atoms with Crippen LogP contribution in [-0.2, 0) is 19.5 Å². The smallest absolute Gasteiger partial charge is 0.127 e. The van der Waals surface area contributed by atoms with Gasteiger partial charge in [0.2, 0.25) is 0 Å². The molecule has 108 valence electrons. The summed E-state index contributed by atoms with van der Waals surface area (Å²) >= 11 is 1.79. The molecule has 0 fully saturated rings. The number of halogens is 1. The van der Waals surface area contributed by atoms with Gasteiger partial charge in [0.05, 0.1) is 0 Å². The molecule has 1 aromatic heterocycles. The Bertz CT molecular complexity index is 539. The van der Waals surface area contributed by atoms with Gasteiger partial charge in [-0.15, -0.1) is 11.3 Å². The van der Waals surface area contributed by atoms with Crippen molar-refractivity contribution in [2.24, 2.45) is 5.73 Å². The topological polar surface area (TPSA) is 29.3 Å². The first kappa shape index (κ1) is 15.2. The van der Waals surface area contributed by atoms with Crippen LogP contribution in [0.15, 0.2) is 35.7 Å². The SMILES string of the molecule is CC(Cc1cccs1)N(C)Cc1ccc(F)c(CN)c1. The summed E-state index contributed by atoms with van der Waals surface area (Å²) < 4.78 is 13.4. The van der Waals surface area contributed by atoms with E-state index in [-0.39, 0.29) is 12.4 Å². The second-order valence-electron chi connectivity index (χ2n) is 5.18. The number of nitrogens with zero attached hydrogens (tertiary/aromatic N) is 1. The zero-order valence-electron chi connectivity index (χ0n) is 12.0. The molecule has 1 heterocycles. The molecule has 1 aromatic carbocycles. The molecule has 0 aliphatic carbocycles. The zero-order valence-corrected chi connectivity index (χ0v) is 12.8. The molecule has 2 rings (SSSR count). The van der Waals surface area contributed by atoms with Crippen LogP contribution in [0.4, 0.5) is 4.39 Å². The first-order valence-corrected chi connectivity index (χ1v) is 7.68. The van der Waals surface area contributed by atoms with E-state index >= 15 is 0 Å². The van der Waals surface area contributed by atoms with Gasteiger partial charge in [-0.05, 0) is 43.5 Å². The van der Waals surface area contributed by atoms with Gasteiger partial charge in [-0.1, -0.05) is 18.2 Å². The lowest BCUT2D eigenvalue weighted by molar-refractivity contribution is 0.249. The molecule has 0 radical (unpaired) electrons. The molecule has 2 nitrogen and oxygen atoms in total. The highest BCUT2D eigenvalue weighted by molar-refractivity contribution is 7.09. The molecule has 4 heteroatoms. The van der Waals surface area contributed by atoms with Gasteiger partial charge in [0.1, 0.15) is 5.82 Å². The standard InChI is InChI=1S/C16H21FN2S/c1-12(8-15-4-3-7-20-15)19(2)11-13-5-6-16(17)14(9-13)10-18/h3-7,9,12H,8,10-11,18H2,1-2H3. The van der Waals surface area contributed by atoms with Gasteiger partial charge in [0, 0.05) is 29.6 Å². The molecule has 0 aliphatic rings. The molecule has 20 heavy (non-hydrogen) atoms. The first-order chi connectivity index (χ1) is 9.60. The van der Waals surface area contributed by atoms with Crippen molar-refractivity contribution in [1.82, 2.24) is 4.90 Å². The Morgan fingerprint density at radius 2 is 2.15 bits per heavy atom. The third-order valence-electron chi connectivity index (χ3n) is 3.59. The maximum absolute atomic E-state index is 13.4. The minimum Gasteiger partial charge on any atom is -0.326 e. The molecular weight excluding hydrogens is 271 g/mol. The van der Waals surface area contributed by atoms with Crippen molar-refractivity contribution in [1.29, 1.82) is 0 Å². The first-order valence-electron chi connectivity index (χ1n) is 6.80. The predicted molar refractivity (Wildman–Crippen MR) is 83.2 cm³/mol. The summed E-state index contributed by atoms with van der Waals surface area (Å²) in [5, 5.41) is 2.11. The van der Waals surface area contributed by atoms with E-state index in [0.717, 1.165) is 18.5 Å². The number of nitrogens with two attached hydrogens (primary N) is 1. The van der Waals surface area contributed by atoms with E-state index in [4.69, 9.17) is 5.73 Å². The second kappa shape index (κ2) is 6.97. The third kappa shape index (κ3) is 3.88. The Morgan fingerprint density at radius 1 is 1.35 bits per heavy atom.